The van der Waals surface area contributed by atoms with Crippen LogP contribution in [0.1, 0.15) is 11.4 Å². The van der Waals surface area contributed by atoms with E-state index in [-0.39, 0.29) is 0 Å². The molecule has 0 atom stereocenters. The molecule has 0 aliphatic rings. The van der Waals surface area contributed by atoms with Crippen molar-refractivity contribution >= 4 is 65.7 Å². The lowest BCUT2D eigenvalue weighted by Crippen LogP contribution is -2.05. The molecule has 6 heteroatoms. The van der Waals surface area contributed by atoms with E-state index in [0.29, 0.717) is 23.9 Å². The Morgan fingerprint density at radius 3 is 1.95 bits per heavy atom. The smallest absolute Gasteiger partial charge is 0.167 e. The summed E-state index contributed by atoms with van der Waals surface area (Å²) in [4.78, 5) is 15.7. The van der Waals surface area contributed by atoms with E-state index in [2.05, 4.69) is 150 Å². The largest absolute Gasteiger partial charge is 0.456 e. The Balaban J connectivity index is 1.14. The third kappa shape index (κ3) is 5.09. The number of aromatic nitrogens is 4. The van der Waals surface area contributed by atoms with Crippen LogP contribution in [0, 0.1) is 0 Å². The van der Waals surface area contributed by atoms with Crippen LogP contribution in [0.15, 0.2) is 191 Å². The van der Waals surface area contributed by atoms with E-state index < -0.39 is 0 Å². The van der Waals surface area contributed by atoms with Crippen LogP contribution in [0.3, 0.4) is 0 Å². The average molecular weight is 745 g/mol. The van der Waals surface area contributed by atoms with Crippen molar-refractivity contribution in [1.29, 1.82) is 0 Å². The van der Waals surface area contributed by atoms with E-state index in [1.54, 1.807) is 0 Å². The lowest BCUT2D eigenvalue weighted by molar-refractivity contribution is 0.668. The Kier molecular flexibility index (Phi) is 7.19. The SMILES string of the molecule is c1ccc(Cc2nc(-c3cccc4c3oc3ccccc34)nc(-c3cccc4c5ccccc5n(-c5cccc6oc7ccc(-c8ccccc8)cc7c56)c34)n2)cc1. The lowest BCUT2D eigenvalue weighted by atomic mass is 10.0. The predicted molar refractivity (Wildman–Crippen MR) is 234 cm³/mol. The Morgan fingerprint density at radius 2 is 1.09 bits per heavy atom. The second kappa shape index (κ2) is 12.9. The standard InChI is InChI=1S/C52H32N4O2/c1-3-14-32(15-4-1)30-47-53-51(55-52(54-47)40-23-12-21-38-36-19-8-10-26-44(36)58-50(38)40)39-22-11-20-37-35-18-7-9-24-42(35)56(49(37)39)43-25-13-27-46-48(43)41-31-34(28-29-45(41)57-46)33-16-5-2-6-17-33/h1-29,31H,30H2. The van der Waals surface area contributed by atoms with E-state index in [1.807, 2.05) is 36.4 Å². The number of rotatable bonds is 6. The quantitative estimate of drug-likeness (QED) is 0.170. The second-order valence-electron chi connectivity index (χ2n) is 14.7. The summed E-state index contributed by atoms with van der Waals surface area (Å²) in [5.74, 6) is 1.83. The molecule has 12 aromatic rings. The Morgan fingerprint density at radius 1 is 0.431 bits per heavy atom. The summed E-state index contributed by atoms with van der Waals surface area (Å²) in [6, 6.07) is 63.0. The topological polar surface area (TPSA) is 69.9 Å². The summed E-state index contributed by atoms with van der Waals surface area (Å²) in [5.41, 5.74) is 11.5. The molecule has 6 nitrogen and oxygen atoms in total. The summed E-state index contributed by atoms with van der Waals surface area (Å²) < 4.78 is 15.4. The number of benzene rings is 8. The fourth-order valence-corrected chi connectivity index (χ4v) is 8.70. The summed E-state index contributed by atoms with van der Waals surface area (Å²) >= 11 is 0. The molecule has 0 fully saturated rings. The van der Waals surface area contributed by atoms with Crippen molar-refractivity contribution in [3.05, 3.63) is 193 Å². The first-order valence-corrected chi connectivity index (χ1v) is 19.5. The van der Waals surface area contributed by atoms with E-state index in [0.717, 1.165) is 99.2 Å². The molecule has 12 rings (SSSR count). The number of hydrogen-bond acceptors (Lipinski definition) is 5. The zero-order chi connectivity index (χ0) is 38.2. The number of nitrogens with zero attached hydrogens (tertiary/aromatic N) is 4. The Bertz CT molecular complexity index is 3540. The second-order valence-corrected chi connectivity index (χ2v) is 14.7. The molecule has 0 radical (unpaired) electrons. The molecule has 272 valence electrons. The molecule has 4 heterocycles. The van der Waals surface area contributed by atoms with Gasteiger partial charge in [-0.1, -0.05) is 133 Å². The van der Waals surface area contributed by atoms with Crippen LogP contribution >= 0.6 is 0 Å². The highest BCUT2D eigenvalue weighted by atomic mass is 16.3. The van der Waals surface area contributed by atoms with Crippen LogP contribution < -0.4 is 0 Å². The maximum atomic E-state index is 6.56. The zero-order valence-corrected chi connectivity index (χ0v) is 31.1. The van der Waals surface area contributed by atoms with E-state index in [4.69, 9.17) is 23.8 Å². The maximum Gasteiger partial charge on any atom is 0.167 e. The number of fused-ring (bicyclic) bond motifs is 9. The molecular formula is C52H32N4O2. The van der Waals surface area contributed by atoms with Gasteiger partial charge in [0, 0.05) is 38.9 Å². The van der Waals surface area contributed by atoms with Crippen LogP contribution in [0.5, 0.6) is 0 Å². The summed E-state index contributed by atoms with van der Waals surface area (Å²) in [5, 5.41) is 6.43. The minimum atomic E-state index is 0.544. The molecule has 0 spiro atoms. The highest BCUT2D eigenvalue weighted by Crippen LogP contribution is 2.43. The van der Waals surface area contributed by atoms with Gasteiger partial charge in [0.1, 0.15) is 28.2 Å². The van der Waals surface area contributed by atoms with Crippen molar-refractivity contribution in [2.75, 3.05) is 0 Å². The molecule has 8 aromatic carbocycles. The highest BCUT2D eigenvalue weighted by molar-refractivity contribution is 6.17. The van der Waals surface area contributed by atoms with Crippen molar-refractivity contribution in [1.82, 2.24) is 19.5 Å². The Labute approximate surface area is 332 Å². The van der Waals surface area contributed by atoms with Gasteiger partial charge < -0.3 is 13.4 Å². The van der Waals surface area contributed by atoms with Gasteiger partial charge in [-0.3, -0.25) is 0 Å². The van der Waals surface area contributed by atoms with Gasteiger partial charge in [0.25, 0.3) is 0 Å². The maximum absolute atomic E-state index is 6.56. The summed E-state index contributed by atoms with van der Waals surface area (Å²) in [7, 11) is 0. The van der Waals surface area contributed by atoms with Crippen LogP contribution in [-0.2, 0) is 6.42 Å². The van der Waals surface area contributed by atoms with Crippen LogP contribution in [0.4, 0.5) is 0 Å². The molecule has 0 aliphatic heterocycles. The molecule has 4 aromatic heterocycles. The normalized spacial score (nSPS) is 11.9. The molecule has 0 N–H and O–H groups in total. The molecule has 0 unspecified atom stereocenters. The third-order valence-electron chi connectivity index (χ3n) is 11.3. The van der Waals surface area contributed by atoms with Gasteiger partial charge in [0.05, 0.1) is 27.7 Å². The fourth-order valence-electron chi connectivity index (χ4n) is 8.70. The molecule has 0 saturated carbocycles. The molecular weight excluding hydrogens is 713 g/mol. The van der Waals surface area contributed by atoms with Gasteiger partial charge in [-0.05, 0) is 65.2 Å². The van der Waals surface area contributed by atoms with Gasteiger partial charge in [0.2, 0.25) is 0 Å². The molecule has 58 heavy (non-hydrogen) atoms. The molecule has 0 aliphatic carbocycles. The average Bonchev–Trinajstić information content (AvgIpc) is 3.96. The van der Waals surface area contributed by atoms with Gasteiger partial charge >= 0.3 is 0 Å². The van der Waals surface area contributed by atoms with Crippen LogP contribution in [0.2, 0.25) is 0 Å². The number of hydrogen-bond donors (Lipinski definition) is 0. The van der Waals surface area contributed by atoms with Gasteiger partial charge in [-0.15, -0.1) is 0 Å². The minimum Gasteiger partial charge on any atom is -0.456 e. The minimum absolute atomic E-state index is 0.544. The van der Waals surface area contributed by atoms with Gasteiger partial charge in [-0.2, -0.15) is 0 Å². The number of furan rings is 2. The zero-order valence-electron chi connectivity index (χ0n) is 31.1. The van der Waals surface area contributed by atoms with Crippen molar-refractivity contribution in [3.8, 4) is 39.6 Å². The van der Waals surface area contributed by atoms with E-state index in [9.17, 15) is 0 Å². The van der Waals surface area contributed by atoms with Gasteiger partial charge in [0.15, 0.2) is 11.6 Å². The van der Waals surface area contributed by atoms with Crippen molar-refractivity contribution in [2.24, 2.45) is 0 Å². The van der Waals surface area contributed by atoms with E-state index >= 15 is 0 Å². The fraction of sp³-hybridized carbons (Fsp3) is 0.0192. The molecule has 0 amide bonds. The van der Waals surface area contributed by atoms with Crippen molar-refractivity contribution in [3.63, 3.8) is 0 Å². The Hall–Kier alpha value is -7.83. The summed E-state index contributed by atoms with van der Waals surface area (Å²) in [6.45, 7) is 0. The monoisotopic (exact) mass is 744 g/mol. The number of para-hydroxylation sites is 4. The highest BCUT2D eigenvalue weighted by Gasteiger charge is 2.23. The van der Waals surface area contributed by atoms with Crippen molar-refractivity contribution < 1.29 is 8.83 Å². The first-order valence-electron chi connectivity index (χ1n) is 19.5. The van der Waals surface area contributed by atoms with E-state index in [1.165, 1.54) is 0 Å². The third-order valence-corrected chi connectivity index (χ3v) is 11.3. The van der Waals surface area contributed by atoms with Crippen molar-refractivity contribution in [2.45, 2.75) is 6.42 Å². The molecule has 0 bridgehead atoms. The first kappa shape index (κ1) is 32.4. The van der Waals surface area contributed by atoms with Crippen LogP contribution in [0.25, 0.3) is 105 Å². The first-order chi connectivity index (χ1) is 28.7. The summed E-state index contributed by atoms with van der Waals surface area (Å²) in [6.07, 6.45) is 0.544. The van der Waals surface area contributed by atoms with Crippen LogP contribution in [-0.4, -0.2) is 19.5 Å². The lowest BCUT2D eigenvalue weighted by Gasteiger charge is -2.14. The predicted octanol–water partition coefficient (Wildman–Crippen LogP) is 13.4. The van der Waals surface area contributed by atoms with Gasteiger partial charge in [-0.25, -0.2) is 15.0 Å². The molecule has 0 saturated heterocycles.